The van der Waals surface area contributed by atoms with Gasteiger partial charge < -0.3 is 0 Å². The molecule has 1 aliphatic rings. The highest BCUT2D eigenvalue weighted by Crippen LogP contribution is 2.48. The standard InChI is InChI=1S/C34H28N4/c1-24-11-13-26(14-12-24)30-22-32-36-33(29(23-38(32)37-30)25-8-3-2-4-9-25)27-15-17-28(18-16-27)34(19-7-20-34)31-10-5-6-21-35-31/h2-6,8-18,21-23H,7,19-20H2,1H3. The SMILES string of the molecule is Cc1ccc(-c2cc3nc(-c4ccc(C5(c6ccccn6)CCC5)cc4)c(-c4ccccc4)cn3n2)cc1. The van der Waals surface area contributed by atoms with Gasteiger partial charge in [0.25, 0.3) is 0 Å². The lowest BCUT2D eigenvalue weighted by atomic mass is 9.62. The third-order valence-electron chi connectivity index (χ3n) is 7.95. The minimum absolute atomic E-state index is 0.0216. The highest BCUT2D eigenvalue weighted by atomic mass is 15.2. The first-order valence-corrected chi connectivity index (χ1v) is 13.2. The van der Waals surface area contributed by atoms with Crippen LogP contribution in [0.3, 0.4) is 0 Å². The number of benzene rings is 3. The van der Waals surface area contributed by atoms with Crippen molar-refractivity contribution in [2.24, 2.45) is 0 Å². The summed E-state index contributed by atoms with van der Waals surface area (Å²) in [6.45, 7) is 2.10. The quantitative estimate of drug-likeness (QED) is 0.246. The Hall–Kier alpha value is -4.57. The van der Waals surface area contributed by atoms with Crippen molar-refractivity contribution in [2.45, 2.75) is 31.6 Å². The highest BCUT2D eigenvalue weighted by Gasteiger charge is 2.41. The van der Waals surface area contributed by atoms with Gasteiger partial charge in [-0.2, -0.15) is 5.10 Å². The molecule has 6 aromatic rings. The van der Waals surface area contributed by atoms with E-state index in [9.17, 15) is 0 Å². The maximum absolute atomic E-state index is 5.16. The van der Waals surface area contributed by atoms with Gasteiger partial charge in [0.15, 0.2) is 5.65 Å². The van der Waals surface area contributed by atoms with Crippen LogP contribution < -0.4 is 0 Å². The molecule has 0 spiro atoms. The Morgan fingerprint density at radius 3 is 2.16 bits per heavy atom. The van der Waals surface area contributed by atoms with E-state index in [1.54, 1.807) is 0 Å². The predicted octanol–water partition coefficient (Wildman–Crippen LogP) is 7.90. The molecule has 0 N–H and O–H groups in total. The monoisotopic (exact) mass is 492 g/mol. The van der Waals surface area contributed by atoms with E-state index in [0.717, 1.165) is 52.1 Å². The molecule has 1 fully saturated rings. The Labute approximate surface area is 222 Å². The lowest BCUT2D eigenvalue weighted by Gasteiger charge is -2.42. The van der Waals surface area contributed by atoms with Crippen LogP contribution >= 0.6 is 0 Å². The summed E-state index contributed by atoms with van der Waals surface area (Å²) in [7, 11) is 0. The summed E-state index contributed by atoms with van der Waals surface area (Å²) in [6, 6.07) is 36.3. The molecular formula is C34H28N4. The zero-order valence-corrected chi connectivity index (χ0v) is 21.4. The molecule has 0 unspecified atom stereocenters. The largest absolute Gasteiger partial charge is 0.260 e. The number of rotatable bonds is 5. The van der Waals surface area contributed by atoms with E-state index in [2.05, 4.69) is 104 Å². The van der Waals surface area contributed by atoms with Gasteiger partial charge in [0.1, 0.15) is 0 Å². The fraction of sp³-hybridized carbons (Fsp3) is 0.147. The topological polar surface area (TPSA) is 43.1 Å². The highest BCUT2D eigenvalue weighted by molar-refractivity contribution is 5.82. The van der Waals surface area contributed by atoms with Crippen molar-refractivity contribution in [3.63, 3.8) is 0 Å². The first-order valence-electron chi connectivity index (χ1n) is 13.2. The Kier molecular flexibility index (Phi) is 5.40. The molecule has 3 aromatic carbocycles. The van der Waals surface area contributed by atoms with Crippen molar-refractivity contribution >= 4 is 5.65 Å². The van der Waals surface area contributed by atoms with Gasteiger partial charge in [-0.1, -0.05) is 96.9 Å². The molecule has 184 valence electrons. The average Bonchev–Trinajstić information content (AvgIpc) is 3.37. The van der Waals surface area contributed by atoms with E-state index in [0.29, 0.717) is 0 Å². The van der Waals surface area contributed by atoms with Crippen molar-refractivity contribution < 1.29 is 0 Å². The van der Waals surface area contributed by atoms with Gasteiger partial charge in [0.05, 0.1) is 17.1 Å². The molecule has 0 aliphatic heterocycles. The zero-order valence-electron chi connectivity index (χ0n) is 21.4. The van der Waals surface area contributed by atoms with Crippen LogP contribution in [0.4, 0.5) is 0 Å². The number of aromatic nitrogens is 4. The lowest BCUT2D eigenvalue weighted by Crippen LogP contribution is -2.36. The first-order chi connectivity index (χ1) is 18.7. The van der Waals surface area contributed by atoms with Gasteiger partial charge >= 0.3 is 0 Å². The van der Waals surface area contributed by atoms with E-state index in [1.165, 1.54) is 23.2 Å². The van der Waals surface area contributed by atoms with Gasteiger partial charge in [-0.25, -0.2) is 9.50 Å². The molecule has 38 heavy (non-hydrogen) atoms. The van der Waals surface area contributed by atoms with Gasteiger partial charge in [-0.15, -0.1) is 0 Å². The van der Waals surface area contributed by atoms with Crippen LogP contribution in [0.2, 0.25) is 0 Å². The minimum Gasteiger partial charge on any atom is -0.260 e. The molecule has 3 heterocycles. The van der Waals surface area contributed by atoms with Gasteiger partial charge in [0.2, 0.25) is 0 Å². The molecule has 7 rings (SSSR count). The number of nitrogens with zero attached hydrogens (tertiary/aromatic N) is 4. The maximum atomic E-state index is 5.16. The number of pyridine rings is 1. The third kappa shape index (κ3) is 3.81. The lowest BCUT2D eigenvalue weighted by molar-refractivity contribution is 0.294. The average molecular weight is 493 g/mol. The van der Waals surface area contributed by atoms with Gasteiger partial charge in [-0.3, -0.25) is 4.98 Å². The minimum atomic E-state index is 0.0216. The fourth-order valence-electron chi connectivity index (χ4n) is 5.65. The Morgan fingerprint density at radius 1 is 0.737 bits per heavy atom. The van der Waals surface area contributed by atoms with Crippen LogP contribution in [0.1, 0.15) is 36.1 Å². The second kappa shape index (κ2) is 9.07. The van der Waals surface area contributed by atoms with Gasteiger partial charge in [0, 0.05) is 40.6 Å². The molecule has 0 amide bonds. The fourth-order valence-corrected chi connectivity index (χ4v) is 5.65. The smallest absolute Gasteiger partial charge is 0.156 e. The number of aryl methyl sites for hydroxylation is 1. The number of hydrogen-bond donors (Lipinski definition) is 0. The van der Waals surface area contributed by atoms with Crippen LogP contribution in [0.25, 0.3) is 39.3 Å². The Balaban J connectivity index is 1.34. The van der Waals surface area contributed by atoms with E-state index in [-0.39, 0.29) is 5.41 Å². The molecule has 0 bridgehead atoms. The van der Waals surface area contributed by atoms with E-state index in [4.69, 9.17) is 15.1 Å². The van der Waals surface area contributed by atoms with Crippen molar-refractivity contribution in [3.05, 3.63) is 132 Å². The summed E-state index contributed by atoms with van der Waals surface area (Å²) in [5, 5.41) is 4.88. The maximum Gasteiger partial charge on any atom is 0.156 e. The summed E-state index contributed by atoms with van der Waals surface area (Å²) in [5.74, 6) is 0. The summed E-state index contributed by atoms with van der Waals surface area (Å²) >= 11 is 0. The van der Waals surface area contributed by atoms with E-state index >= 15 is 0 Å². The summed E-state index contributed by atoms with van der Waals surface area (Å²) in [6.07, 6.45) is 7.53. The van der Waals surface area contributed by atoms with Crippen LogP contribution in [-0.4, -0.2) is 19.6 Å². The normalized spacial score (nSPS) is 14.3. The molecular weight excluding hydrogens is 464 g/mol. The van der Waals surface area contributed by atoms with Crippen LogP contribution in [-0.2, 0) is 5.41 Å². The summed E-state index contributed by atoms with van der Waals surface area (Å²) in [4.78, 5) is 9.89. The molecule has 0 saturated heterocycles. The van der Waals surface area contributed by atoms with E-state index < -0.39 is 0 Å². The second-order valence-corrected chi connectivity index (χ2v) is 10.3. The van der Waals surface area contributed by atoms with Crippen molar-refractivity contribution in [1.29, 1.82) is 0 Å². The summed E-state index contributed by atoms with van der Waals surface area (Å²) in [5.41, 5.74) is 10.9. The molecule has 0 atom stereocenters. The third-order valence-corrected chi connectivity index (χ3v) is 7.95. The van der Waals surface area contributed by atoms with Crippen LogP contribution in [0.15, 0.2) is 116 Å². The van der Waals surface area contributed by atoms with Crippen LogP contribution in [0, 0.1) is 6.92 Å². The van der Waals surface area contributed by atoms with Crippen molar-refractivity contribution in [3.8, 4) is 33.6 Å². The molecule has 4 nitrogen and oxygen atoms in total. The number of fused-ring (bicyclic) bond motifs is 1. The van der Waals surface area contributed by atoms with Crippen molar-refractivity contribution in [2.75, 3.05) is 0 Å². The zero-order chi connectivity index (χ0) is 25.5. The molecule has 4 heteroatoms. The van der Waals surface area contributed by atoms with Crippen LogP contribution in [0.5, 0.6) is 0 Å². The molecule has 1 aliphatic carbocycles. The second-order valence-electron chi connectivity index (χ2n) is 10.3. The molecule has 3 aromatic heterocycles. The van der Waals surface area contributed by atoms with Gasteiger partial charge in [-0.05, 0) is 43.0 Å². The van der Waals surface area contributed by atoms with Crippen molar-refractivity contribution in [1.82, 2.24) is 19.6 Å². The summed E-state index contributed by atoms with van der Waals surface area (Å²) < 4.78 is 1.90. The predicted molar refractivity (Wildman–Crippen MR) is 153 cm³/mol. The van der Waals surface area contributed by atoms with E-state index in [1.807, 2.05) is 22.8 Å². The Bertz CT molecular complexity index is 1710. The molecule has 1 saturated carbocycles. The first kappa shape index (κ1) is 22.6. The molecule has 0 radical (unpaired) electrons. The Morgan fingerprint density at radius 2 is 1.47 bits per heavy atom. The number of hydrogen-bond acceptors (Lipinski definition) is 3.